The Hall–Kier alpha value is 0.0869. The summed E-state index contributed by atoms with van der Waals surface area (Å²) in [7, 11) is -6.42. The molecule has 4 fully saturated rings. The van der Waals surface area contributed by atoms with Crippen molar-refractivity contribution in [1.82, 2.24) is 0 Å². The van der Waals surface area contributed by atoms with Crippen molar-refractivity contribution in [3.05, 3.63) is 0 Å². The molecule has 0 aromatic rings. The summed E-state index contributed by atoms with van der Waals surface area (Å²) in [5.74, 6) is 0. The molecule has 23 heavy (non-hydrogen) atoms. The van der Waals surface area contributed by atoms with Crippen molar-refractivity contribution in [2.45, 2.75) is 0 Å². The van der Waals surface area contributed by atoms with Gasteiger partial charge in [-0.05, 0) is 0 Å². The van der Waals surface area contributed by atoms with Crippen LogP contribution in [-0.2, 0) is 40.6 Å². The van der Waals surface area contributed by atoms with Crippen LogP contribution in [0.3, 0.4) is 0 Å². The zero-order chi connectivity index (χ0) is 16.2. The largest absolute Gasteiger partial charge is 0.680 e. The lowest BCUT2D eigenvalue weighted by Gasteiger charge is -2.43. The number of hydrogen-bond acceptors (Lipinski definition) is 10. The summed E-state index contributed by atoms with van der Waals surface area (Å²) >= 11 is 0. The SMILES string of the molecule is O=P12OCC(COCCO[Si]3(OCCO)OCCO3)(CO1)CO2. The van der Waals surface area contributed by atoms with Crippen LogP contribution in [0.15, 0.2) is 0 Å². The number of ether oxygens (including phenoxy) is 1. The van der Waals surface area contributed by atoms with E-state index in [0.29, 0.717) is 26.4 Å². The van der Waals surface area contributed by atoms with E-state index in [1.807, 2.05) is 0 Å². The Bertz CT molecular complexity index is 411. The maximum Gasteiger partial charge on any atom is 0.680 e. The first kappa shape index (κ1) is 17.9. The van der Waals surface area contributed by atoms with Gasteiger partial charge < -0.3 is 27.5 Å². The number of rotatable bonds is 9. The van der Waals surface area contributed by atoms with Crippen LogP contribution in [0.5, 0.6) is 0 Å². The van der Waals surface area contributed by atoms with E-state index in [9.17, 15) is 4.57 Å². The third kappa shape index (κ3) is 4.38. The highest BCUT2D eigenvalue weighted by Gasteiger charge is 2.51. The van der Waals surface area contributed by atoms with Gasteiger partial charge in [-0.3, -0.25) is 13.6 Å². The molecule has 0 atom stereocenters. The number of phosphoric ester groups is 1. The predicted octanol–water partition coefficient (Wildman–Crippen LogP) is -0.318. The van der Waals surface area contributed by atoms with Crippen molar-refractivity contribution in [2.75, 3.05) is 66.1 Å². The summed E-state index contributed by atoms with van der Waals surface area (Å²) < 4.78 is 54.3. The average molecular weight is 372 g/mol. The van der Waals surface area contributed by atoms with Gasteiger partial charge in [-0.2, -0.15) is 0 Å². The van der Waals surface area contributed by atoms with Crippen LogP contribution < -0.4 is 0 Å². The Morgan fingerprint density at radius 2 is 1.61 bits per heavy atom. The molecule has 0 saturated carbocycles. The molecule has 2 bridgehead atoms. The summed E-state index contributed by atoms with van der Waals surface area (Å²) in [6.07, 6.45) is 0. The fraction of sp³-hybridized carbons (Fsp3) is 1.00. The molecular weight excluding hydrogens is 351 g/mol. The van der Waals surface area contributed by atoms with E-state index >= 15 is 0 Å². The number of aliphatic hydroxyl groups excluding tert-OH is 1. The van der Waals surface area contributed by atoms with E-state index < -0.39 is 22.3 Å². The van der Waals surface area contributed by atoms with E-state index in [1.54, 1.807) is 0 Å². The molecule has 0 aromatic heterocycles. The second-order valence-corrected chi connectivity index (χ2v) is 9.26. The maximum absolute atomic E-state index is 11.6. The van der Waals surface area contributed by atoms with Crippen molar-refractivity contribution >= 4 is 16.9 Å². The van der Waals surface area contributed by atoms with Crippen molar-refractivity contribution < 1.29 is 45.7 Å². The number of hydrogen-bond donors (Lipinski definition) is 1. The fourth-order valence-corrected chi connectivity index (χ4v) is 5.64. The normalized spacial score (nSPS) is 35.7. The molecule has 4 aliphatic heterocycles. The summed E-state index contributed by atoms with van der Waals surface area (Å²) in [5.41, 5.74) is -0.435. The second kappa shape index (κ2) is 7.54. The van der Waals surface area contributed by atoms with Gasteiger partial charge in [-0.25, -0.2) is 4.57 Å². The van der Waals surface area contributed by atoms with E-state index in [4.69, 9.17) is 41.1 Å². The Balaban J connectivity index is 1.36. The number of fused-ring (bicyclic) bond motifs is 3. The molecule has 0 spiro atoms. The number of aliphatic hydroxyl groups is 1. The molecule has 0 unspecified atom stereocenters. The summed E-state index contributed by atoms with van der Waals surface area (Å²) in [6, 6.07) is 0. The van der Waals surface area contributed by atoms with Crippen LogP contribution in [0.1, 0.15) is 0 Å². The van der Waals surface area contributed by atoms with Gasteiger partial charge in [0.05, 0.1) is 71.5 Å². The molecule has 4 heterocycles. The van der Waals surface area contributed by atoms with E-state index in [1.165, 1.54) is 0 Å². The van der Waals surface area contributed by atoms with Gasteiger partial charge in [0.15, 0.2) is 0 Å². The van der Waals surface area contributed by atoms with Gasteiger partial charge in [0.25, 0.3) is 0 Å². The molecular formula is C11H21O10PSi. The maximum atomic E-state index is 11.6. The first-order valence-electron chi connectivity index (χ1n) is 7.38. The minimum absolute atomic E-state index is 0.0995. The quantitative estimate of drug-likeness (QED) is 0.328. The van der Waals surface area contributed by atoms with E-state index in [0.717, 1.165) is 0 Å². The van der Waals surface area contributed by atoms with Gasteiger partial charge in [-0.15, -0.1) is 0 Å². The standard InChI is InChI=1S/C11H21O10PSi/c12-1-2-18-23(20-5-6-21-23)19-4-3-14-7-11-8-15-22(13,16-9-11)17-10-11/h12H,1-10H2. The van der Waals surface area contributed by atoms with E-state index in [2.05, 4.69) is 0 Å². The highest BCUT2D eigenvalue weighted by atomic mass is 31.2. The van der Waals surface area contributed by atoms with Gasteiger partial charge >= 0.3 is 16.9 Å². The zero-order valence-corrected chi connectivity index (χ0v) is 14.5. The van der Waals surface area contributed by atoms with Crippen LogP contribution in [0.4, 0.5) is 0 Å². The van der Waals surface area contributed by atoms with Crippen LogP contribution >= 0.6 is 7.82 Å². The Labute approximate surface area is 134 Å². The lowest BCUT2D eigenvalue weighted by atomic mass is 9.92. The van der Waals surface area contributed by atoms with Crippen molar-refractivity contribution in [3.8, 4) is 0 Å². The number of phosphoric acid groups is 1. The van der Waals surface area contributed by atoms with Crippen molar-refractivity contribution in [2.24, 2.45) is 5.41 Å². The van der Waals surface area contributed by atoms with Gasteiger partial charge in [0.1, 0.15) is 0 Å². The molecule has 0 radical (unpaired) electrons. The minimum Gasteiger partial charge on any atom is -0.394 e. The van der Waals surface area contributed by atoms with Crippen LogP contribution in [0.2, 0.25) is 0 Å². The molecule has 0 aromatic carbocycles. The molecule has 10 nitrogen and oxygen atoms in total. The molecule has 4 saturated heterocycles. The van der Waals surface area contributed by atoms with Crippen LogP contribution in [0.25, 0.3) is 0 Å². The third-order valence-corrected chi connectivity index (χ3v) is 7.08. The lowest BCUT2D eigenvalue weighted by Crippen LogP contribution is -2.48. The van der Waals surface area contributed by atoms with Crippen molar-refractivity contribution in [3.63, 3.8) is 0 Å². The Kier molecular flexibility index (Phi) is 5.87. The monoisotopic (exact) mass is 372 g/mol. The Morgan fingerprint density at radius 1 is 1.00 bits per heavy atom. The van der Waals surface area contributed by atoms with Gasteiger partial charge in [-0.1, -0.05) is 0 Å². The Morgan fingerprint density at radius 3 is 2.22 bits per heavy atom. The average Bonchev–Trinajstić information content (AvgIpc) is 3.03. The zero-order valence-electron chi connectivity index (χ0n) is 12.6. The minimum atomic E-state index is -3.29. The highest BCUT2D eigenvalue weighted by Crippen LogP contribution is 2.59. The molecule has 1 N–H and O–H groups in total. The van der Waals surface area contributed by atoms with Crippen LogP contribution in [0, 0.1) is 5.41 Å². The predicted molar refractivity (Wildman–Crippen MR) is 75.4 cm³/mol. The summed E-state index contributed by atoms with van der Waals surface area (Å²) in [5, 5.41) is 8.82. The summed E-state index contributed by atoms with van der Waals surface area (Å²) in [4.78, 5) is 0. The van der Waals surface area contributed by atoms with Gasteiger partial charge in [0.2, 0.25) is 0 Å². The third-order valence-electron chi connectivity index (χ3n) is 3.51. The molecule has 134 valence electrons. The smallest absolute Gasteiger partial charge is 0.394 e. The topological polar surface area (TPSA) is 111 Å². The van der Waals surface area contributed by atoms with Crippen LogP contribution in [-0.4, -0.2) is 80.2 Å². The first-order chi connectivity index (χ1) is 11.1. The second-order valence-electron chi connectivity index (χ2n) is 5.44. The molecule has 0 aliphatic carbocycles. The summed E-state index contributed by atoms with van der Waals surface area (Å²) in [6.45, 7) is 2.51. The molecule has 4 rings (SSSR count). The molecule has 4 aliphatic rings. The molecule has 0 amide bonds. The van der Waals surface area contributed by atoms with Crippen molar-refractivity contribution in [1.29, 1.82) is 0 Å². The lowest BCUT2D eigenvalue weighted by molar-refractivity contribution is -0.129. The highest BCUT2D eigenvalue weighted by molar-refractivity contribution is 7.48. The van der Waals surface area contributed by atoms with E-state index in [-0.39, 0.29) is 39.6 Å². The fourth-order valence-electron chi connectivity index (χ4n) is 2.28. The molecule has 12 heteroatoms. The van der Waals surface area contributed by atoms with Gasteiger partial charge in [0, 0.05) is 0 Å². The first-order valence-corrected chi connectivity index (χ1v) is 10.5.